The number of thiophene rings is 1. The molecule has 0 spiro atoms. The molecule has 0 fully saturated rings. The molecule has 0 radical (unpaired) electrons. The quantitative estimate of drug-likeness (QED) is 0.450. The summed E-state index contributed by atoms with van der Waals surface area (Å²) in [6.45, 7) is 0. The highest BCUT2D eigenvalue weighted by atomic mass is 32.1. The zero-order valence-corrected chi connectivity index (χ0v) is 14.0. The van der Waals surface area contributed by atoms with Crippen molar-refractivity contribution in [3.8, 4) is 10.4 Å². The average molecular weight is 342 g/mol. The third-order valence-electron chi connectivity index (χ3n) is 4.17. The minimum atomic E-state index is 0.950. The van der Waals surface area contributed by atoms with Gasteiger partial charge in [-0.05, 0) is 35.9 Å². The molecular formula is C20H14N4S. The van der Waals surface area contributed by atoms with Crippen molar-refractivity contribution in [2.24, 2.45) is 0 Å². The van der Waals surface area contributed by atoms with Crippen molar-refractivity contribution in [1.29, 1.82) is 0 Å². The van der Waals surface area contributed by atoms with E-state index >= 15 is 0 Å². The van der Waals surface area contributed by atoms with Crippen LogP contribution < -0.4 is 5.32 Å². The zero-order chi connectivity index (χ0) is 16.6. The van der Waals surface area contributed by atoms with Gasteiger partial charge >= 0.3 is 0 Å². The minimum absolute atomic E-state index is 0.950. The Morgan fingerprint density at radius 2 is 1.80 bits per heavy atom. The van der Waals surface area contributed by atoms with Crippen LogP contribution in [0.5, 0.6) is 0 Å². The number of anilines is 2. The molecular weight excluding hydrogens is 328 g/mol. The largest absolute Gasteiger partial charge is 0.354 e. The third-order valence-corrected chi connectivity index (χ3v) is 5.38. The van der Waals surface area contributed by atoms with Gasteiger partial charge in [-0.3, -0.25) is 4.98 Å². The fourth-order valence-electron chi connectivity index (χ4n) is 2.95. The van der Waals surface area contributed by atoms with Gasteiger partial charge in [-0.1, -0.05) is 30.3 Å². The summed E-state index contributed by atoms with van der Waals surface area (Å²) < 4.78 is 1.16. The fraction of sp³-hybridized carbons (Fsp3) is 0. The van der Waals surface area contributed by atoms with Crippen LogP contribution in [0.15, 0.2) is 73.2 Å². The Kier molecular flexibility index (Phi) is 3.24. The number of benzene rings is 2. The molecule has 0 atom stereocenters. The highest BCUT2D eigenvalue weighted by Crippen LogP contribution is 2.37. The molecule has 0 amide bonds. The van der Waals surface area contributed by atoms with E-state index in [-0.39, 0.29) is 0 Å². The van der Waals surface area contributed by atoms with Crippen LogP contribution in [-0.4, -0.2) is 15.0 Å². The highest BCUT2D eigenvalue weighted by Gasteiger charge is 2.09. The number of aromatic nitrogens is 3. The molecule has 0 aliphatic rings. The van der Waals surface area contributed by atoms with Crippen molar-refractivity contribution in [3.63, 3.8) is 0 Å². The van der Waals surface area contributed by atoms with Gasteiger partial charge in [-0.2, -0.15) is 0 Å². The lowest BCUT2D eigenvalue weighted by atomic mass is 10.2. The summed E-state index contributed by atoms with van der Waals surface area (Å²) in [7, 11) is 0. The van der Waals surface area contributed by atoms with Gasteiger partial charge in [-0.25, -0.2) is 4.98 Å². The Morgan fingerprint density at radius 1 is 0.880 bits per heavy atom. The molecule has 0 unspecified atom stereocenters. The molecule has 3 aromatic heterocycles. The van der Waals surface area contributed by atoms with E-state index in [0.29, 0.717) is 0 Å². The molecule has 5 aromatic rings. The van der Waals surface area contributed by atoms with Crippen molar-refractivity contribution in [1.82, 2.24) is 15.0 Å². The van der Waals surface area contributed by atoms with Crippen molar-refractivity contribution >= 4 is 44.0 Å². The molecule has 5 heteroatoms. The number of nitrogens with zero attached hydrogens (tertiary/aromatic N) is 2. The standard InChI is InChI=1S/C20H14N4S/c1-2-4-13(5-3-1)19-11-18-20(25-19)16(8-9-21-18)24-14-6-7-15-17(10-14)23-12-22-15/h1-12H,(H,21,24)(H,22,23). The first-order valence-corrected chi connectivity index (χ1v) is 8.83. The Bertz CT molecular complexity index is 1170. The average Bonchev–Trinajstić information content (AvgIpc) is 3.29. The second-order valence-corrected chi connectivity index (χ2v) is 6.86. The first-order chi connectivity index (χ1) is 12.4. The second kappa shape index (κ2) is 5.72. The van der Waals surface area contributed by atoms with Crippen LogP contribution in [0.4, 0.5) is 11.4 Å². The number of fused-ring (bicyclic) bond motifs is 2. The molecule has 25 heavy (non-hydrogen) atoms. The van der Waals surface area contributed by atoms with Gasteiger partial charge in [0.05, 0.1) is 33.3 Å². The van der Waals surface area contributed by atoms with Crippen LogP contribution in [0.25, 0.3) is 31.7 Å². The number of rotatable bonds is 3. The molecule has 5 rings (SSSR count). The highest BCUT2D eigenvalue weighted by molar-refractivity contribution is 7.22. The molecule has 4 nitrogen and oxygen atoms in total. The number of H-pyrrole nitrogens is 1. The number of aromatic amines is 1. The smallest absolute Gasteiger partial charge is 0.0931 e. The van der Waals surface area contributed by atoms with Crippen LogP contribution in [-0.2, 0) is 0 Å². The number of imidazole rings is 1. The minimum Gasteiger partial charge on any atom is -0.354 e. The topological polar surface area (TPSA) is 53.6 Å². The van der Waals surface area contributed by atoms with Crippen LogP contribution in [0, 0.1) is 0 Å². The lowest BCUT2D eigenvalue weighted by Crippen LogP contribution is -1.90. The van der Waals surface area contributed by atoms with E-state index < -0.39 is 0 Å². The Labute approximate surface area is 148 Å². The molecule has 0 bridgehead atoms. The van der Waals surface area contributed by atoms with Crippen molar-refractivity contribution in [2.45, 2.75) is 0 Å². The number of pyridine rings is 1. The number of nitrogens with one attached hydrogen (secondary N) is 2. The molecule has 3 heterocycles. The van der Waals surface area contributed by atoms with E-state index in [2.05, 4.69) is 56.7 Å². The molecule has 120 valence electrons. The van der Waals surface area contributed by atoms with Crippen LogP contribution >= 0.6 is 11.3 Å². The summed E-state index contributed by atoms with van der Waals surface area (Å²) in [6, 6.07) is 20.7. The molecule has 0 saturated heterocycles. The van der Waals surface area contributed by atoms with Crippen molar-refractivity contribution in [3.05, 3.63) is 73.2 Å². The van der Waals surface area contributed by atoms with Crippen LogP contribution in [0.3, 0.4) is 0 Å². The number of hydrogen-bond donors (Lipinski definition) is 2. The first-order valence-electron chi connectivity index (χ1n) is 8.01. The van der Waals surface area contributed by atoms with Crippen LogP contribution in [0.2, 0.25) is 0 Å². The summed E-state index contributed by atoms with van der Waals surface area (Å²) in [6.07, 6.45) is 3.56. The van der Waals surface area contributed by atoms with Crippen LogP contribution in [0.1, 0.15) is 0 Å². The van der Waals surface area contributed by atoms with Gasteiger partial charge in [0.25, 0.3) is 0 Å². The van der Waals surface area contributed by atoms with Gasteiger partial charge in [0.1, 0.15) is 0 Å². The van der Waals surface area contributed by atoms with E-state index in [4.69, 9.17) is 0 Å². The van der Waals surface area contributed by atoms with Gasteiger partial charge in [0.2, 0.25) is 0 Å². The molecule has 2 aromatic carbocycles. The monoisotopic (exact) mass is 342 g/mol. The van der Waals surface area contributed by atoms with E-state index in [1.807, 2.05) is 30.5 Å². The van der Waals surface area contributed by atoms with Crippen molar-refractivity contribution < 1.29 is 0 Å². The van der Waals surface area contributed by atoms with E-state index in [0.717, 1.165) is 32.6 Å². The zero-order valence-electron chi connectivity index (χ0n) is 13.2. The molecule has 0 aliphatic heterocycles. The predicted molar refractivity (Wildman–Crippen MR) is 104 cm³/mol. The Morgan fingerprint density at radius 3 is 2.72 bits per heavy atom. The van der Waals surface area contributed by atoms with E-state index in [9.17, 15) is 0 Å². The second-order valence-electron chi connectivity index (χ2n) is 5.81. The van der Waals surface area contributed by atoms with Gasteiger partial charge in [0, 0.05) is 16.8 Å². The fourth-order valence-corrected chi connectivity index (χ4v) is 4.04. The maximum Gasteiger partial charge on any atom is 0.0931 e. The maximum absolute atomic E-state index is 4.52. The summed E-state index contributed by atoms with van der Waals surface area (Å²) in [5, 5.41) is 3.51. The third kappa shape index (κ3) is 2.55. The molecule has 0 saturated carbocycles. The summed E-state index contributed by atoms with van der Waals surface area (Å²) >= 11 is 1.75. The summed E-state index contributed by atoms with van der Waals surface area (Å²) in [5.41, 5.74) is 6.29. The molecule has 2 N–H and O–H groups in total. The van der Waals surface area contributed by atoms with Gasteiger partial charge < -0.3 is 10.3 Å². The lowest BCUT2D eigenvalue weighted by Gasteiger charge is -2.07. The normalized spacial score (nSPS) is 11.2. The van der Waals surface area contributed by atoms with Crippen molar-refractivity contribution in [2.75, 3.05) is 5.32 Å². The van der Waals surface area contributed by atoms with E-state index in [1.165, 1.54) is 10.4 Å². The number of hydrogen-bond acceptors (Lipinski definition) is 4. The van der Waals surface area contributed by atoms with Gasteiger partial charge in [-0.15, -0.1) is 11.3 Å². The predicted octanol–water partition coefficient (Wildman–Crippen LogP) is 5.58. The summed E-state index contributed by atoms with van der Waals surface area (Å²) in [4.78, 5) is 13.2. The maximum atomic E-state index is 4.52. The Balaban J connectivity index is 1.57. The van der Waals surface area contributed by atoms with E-state index in [1.54, 1.807) is 17.7 Å². The Hall–Kier alpha value is -3.18. The first kappa shape index (κ1) is 14.2. The SMILES string of the molecule is c1ccc(-c2cc3nccc(Nc4ccc5[nH]cnc5c4)c3s2)cc1. The molecule has 0 aliphatic carbocycles. The summed E-state index contributed by atoms with van der Waals surface area (Å²) in [5.74, 6) is 0. The lowest BCUT2D eigenvalue weighted by molar-refractivity contribution is 1.34. The van der Waals surface area contributed by atoms with Gasteiger partial charge in [0.15, 0.2) is 0 Å².